The van der Waals surface area contributed by atoms with Gasteiger partial charge in [-0.3, -0.25) is 0 Å². The molecule has 0 spiro atoms. The minimum absolute atomic E-state index is 0.126. The van der Waals surface area contributed by atoms with E-state index in [0.29, 0.717) is 0 Å². The van der Waals surface area contributed by atoms with Crippen LogP contribution >= 0.6 is 11.3 Å². The predicted octanol–water partition coefficient (Wildman–Crippen LogP) is 16.0. The van der Waals surface area contributed by atoms with Gasteiger partial charge in [0.1, 0.15) is 11.2 Å². The smallest absolute Gasteiger partial charge is 0.135 e. The average Bonchev–Trinajstić information content (AvgIpc) is 4.07. The molecule has 8 aromatic carbocycles. The Hall–Kier alpha value is -7.14. The number of hydrogen-bond donors (Lipinski definition) is 0. The molecule has 3 aliphatic rings. The van der Waals surface area contributed by atoms with Gasteiger partial charge in [-0.1, -0.05) is 135 Å². The second kappa shape index (κ2) is 12.0. The van der Waals surface area contributed by atoms with E-state index in [-0.39, 0.29) is 16.9 Å². The Labute approximate surface area is 363 Å². The fraction of sp³-hybridized carbons (Fsp3) is 0.103. The van der Waals surface area contributed by atoms with E-state index in [1.165, 1.54) is 92.3 Å². The van der Waals surface area contributed by atoms with Gasteiger partial charge in [-0.25, -0.2) is 0 Å². The highest BCUT2D eigenvalue weighted by atomic mass is 32.1. The maximum Gasteiger partial charge on any atom is 0.135 e. The lowest BCUT2D eigenvalue weighted by molar-refractivity contribution is 0.543. The summed E-state index contributed by atoms with van der Waals surface area (Å²) in [4.78, 5) is 2.61. The number of fused-ring (bicyclic) bond motifs is 16. The first kappa shape index (κ1) is 34.6. The van der Waals surface area contributed by atoms with Gasteiger partial charge in [0.25, 0.3) is 0 Å². The zero-order chi connectivity index (χ0) is 41.1. The third-order valence-corrected chi connectivity index (χ3v) is 15.8. The first-order chi connectivity index (χ1) is 30.3. The van der Waals surface area contributed by atoms with Gasteiger partial charge in [0.05, 0.1) is 16.6 Å². The SMILES string of the molecule is CC1(C)c2cc(N3c4ccccc4C4C=C(c5ccc6c7ccccc7n(-c7ccc8oc9ccccc9c8c7)c6c5)C=CC43C)ccc2-c2c1ccc1c2sc2ccccc21. The Morgan fingerprint density at radius 2 is 1.31 bits per heavy atom. The summed E-state index contributed by atoms with van der Waals surface area (Å²) in [5.41, 5.74) is 16.9. The van der Waals surface area contributed by atoms with E-state index in [1.807, 2.05) is 17.4 Å². The molecule has 2 unspecified atom stereocenters. The average molecular weight is 813 g/mol. The van der Waals surface area contributed by atoms with Crippen LogP contribution in [0.25, 0.3) is 86.3 Å². The molecular weight excluding hydrogens is 773 g/mol. The van der Waals surface area contributed by atoms with Crippen molar-refractivity contribution in [1.82, 2.24) is 4.57 Å². The number of furan rings is 1. The Balaban J connectivity index is 0.887. The molecule has 11 aromatic rings. The Kier molecular flexibility index (Phi) is 6.70. The standard InChI is InChI=1S/C58H40N2OS/c1-57(2)46-26-25-42-41-14-7-11-19-54(41)62-56(42)55(46)44-24-21-37(33-47(44)57)60-50-17-9-5-15-43(50)48-30-35(28-29-58(48,60)3)34-20-23-39-38-12-4-8-16-49(38)59(51(39)31-34)36-22-27-53-45(32-36)40-13-6-10-18-52(40)61-53/h4-33,48H,1-3H3. The van der Waals surface area contributed by atoms with Crippen LogP contribution in [0, 0.1) is 0 Å². The second-order valence-electron chi connectivity index (χ2n) is 18.2. The number of thiophene rings is 1. The summed E-state index contributed by atoms with van der Waals surface area (Å²) in [5, 5.41) is 7.48. The minimum Gasteiger partial charge on any atom is -0.456 e. The van der Waals surface area contributed by atoms with E-state index in [0.717, 1.165) is 27.6 Å². The largest absolute Gasteiger partial charge is 0.456 e. The number of nitrogens with zero attached hydrogens (tertiary/aromatic N) is 2. The summed E-state index contributed by atoms with van der Waals surface area (Å²) < 4.78 is 11.4. The number of anilines is 2. The molecule has 4 heteroatoms. The number of para-hydroxylation sites is 3. The summed E-state index contributed by atoms with van der Waals surface area (Å²) in [6, 6.07) is 60.7. The van der Waals surface area contributed by atoms with Gasteiger partial charge in [0.15, 0.2) is 0 Å². The van der Waals surface area contributed by atoms with Crippen molar-refractivity contribution in [3.8, 4) is 16.8 Å². The van der Waals surface area contributed by atoms with Crippen molar-refractivity contribution in [3.05, 3.63) is 204 Å². The number of rotatable bonds is 3. The van der Waals surface area contributed by atoms with Crippen LogP contribution in [0.1, 0.15) is 48.9 Å². The van der Waals surface area contributed by atoms with E-state index < -0.39 is 0 Å². The molecule has 0 radical (unpaired) electrons. The second-order valence-corrected chi connectivity index (χ2v) is 19.3. The Bertz CT molecular complexity index is 3830. The van der Waals surface area contributed by atoms with Gasteiger partial charge in [0.2, 0.25) is 0 Å². The molecule has 2 atom stereocenters. The summed E-state index contributed by atoms with van der Waals surface area (Å²) in [6.45, 7) is 7.24. The molecule has 0 N–H and O–H groups in total. The fourth-order valence-electron chi connectivity index (χ4n) is 11.6. The highest BCUT2D eigenvalue weighted by molar-refractivity contribution is 7.26. The van der Waals surface area contributed by atoms with E-state index in [9.17, 15) is 0 Å². The van der Waals surface area contributed by atoms with Gasteiger partial charge in [0, 0.05) is 75.7 Å². The van der Waals surface area contributed by atoms with E-state index in [4.69, 9.17) is 4.42 Å². The highest BCUT2D eigenvalue weighted by Gasteiger charge is 2.48. The molecular formula is C58H40N2OS. The number of hydrogen-bond acceptors (Lipinski definition) is 3. The highest BCUT2D eigenvalue weighted by Crippen LogP contribution is 2.58. The molecule has 0 amide bonds. The van der Waals surface area contributed by atoms with Crippen molar-refractivity contribution in [2.24, 2.45) is 0 Å². The van der Waals surface area contributed by atoms with Crippen LogP contribution in [0.15, 0.2) is 186 Å². The molecule has 14 rings (SSSR count). The lowest BCUT2D eigenvalue weighted by Gasteiger charge is -2.40. The molecule has 0 saturated heterocycles. The number of benzene rings is 8. The zero-order valence-electron chi connectivity index (χ0n) is 34.6. The van der Waals surface area contributed by atoms with E-state index in [2.05, 4.69) is 206 Å². The summed E-state index contributed by atoms with van der Waals surface area (Å²) in [7, 11) is 0. The number of aromatic nitrogens is 1. The number of allylic oxidation sites excluding steroid dienone is 2. The first-order valence-electron chi connectivity index (χ1n) is 21.7. The third-order valence-electron chi connectivity index (χ3n) is 14.6. The molecule has 0 bridgehead atoms. The van der Waals surface area contributed by atoms with Gasteiger partial charge < -0.3 is 13.9 Å². The normalized spacial score (nSPS) is 18.6. The van der Waals surface area contributed by atoms with Crippen molar-refractivity contribution in [2.75, 3.05) is 4.90 Å². The van der Waals surface area contributed by atoms with Crippen LogP contribution in [0.3, 0.4) is 0 Å². The maximum absolute atomic E-state index is 6.24. The van der Waals surface area contributed by atoms with Crippen LogP contribution in [0.2, 0.25) is 0 Å². The quantitative estimate of drug-likeness (QED) is 0.177. The fourth-order valence-corrected chi connectivity index (χ4v) is 12.9. The van der Waals surface area contributed by atoms with Crippen molar-refractivity contribution >= 4 is 92.2 Å². The van der Waals surface area contributed by atoms with E-state index in [1.54, 1.807) is 0 Å². The predicted molar refractivity (Wildman–Crippen MR) is 262 cm³/mol. The van der Waals surface area contributed by atoms with Crippen molar-refractivity contribution < 1.29 is 4.42 Å². The molecule has 3 aromatic heterocycles. The van der Waals surface area contributed by atoms with Gasteiger partial charge in [-0.05, 0) is 101 Å². The summed E-state index contributed by atoms with van der Waals surface area (Å²) in [5.74, 6) is 0.161. The molecule has 0 saturated carbocycles. The van der Waals surface area contributed by atoms with Crippen molar-refractivity contribution in [2.45, 2.75) is 37.6 Å². The minimum atomic E-state index is -0.294. The van der Waals surface area contributed by atoms with Crippen LogP contribution < -0.4 is 4.90 Å². The molecule has 62 heavy (non-hydrogen) atoms. The monoisotopic (exact) mass is 812 g/mol. The Morgan fingerprint density at radius 3 is 2.23 bits per heavy atom. The third kappa shape index (κ3) is 4.44. The van der Waals surface area contributed by atoms with Crippen LogP contribution in [0.4, 0.5) is 11.4 Å². The maximum atomic E-state index is 6.24. The first-order valence-corrected chi connectivity index (χ1v) is 22.5. The zero-order valence-corrected chi connectivity index (χ0v) is 35.4. The topological polar surface area (TPSA) is 21.3 Å². The lowest BCUT2D eigenvalue weighted by atomic mass is 9.77. The molecule has 2 aliphatic carbocycles. The van der Waals surface area contributed by atoms with Gasteiger partial charge in [-0.15, -0.1) is 11.3 Å². The van der Waals surface area contributed by atoms with Crippen molar-refractivity contribution in [3.63, 3.8) is 0 Å². The Morgan fingerprint density at radius 1 is 0.565 bits per heavy atom. The molecule has 4 heterocycles. The van der Waals surface area contributed by atoms with E-state index >= 15 is 0 Å². The summed E-state index contributed by atoms with van der Waals surface area (Å²) >= 11 is 1.94. The lowest BCUT2D eigenvalue weighted by Crippen LogP contribution is -2.42. The van der Waals surface area contributed by atoms with Crippen LogP contribution in [-0.2, 0) is 5.41 Å². The summed E-state index contributed by atoms with van der Waals surface area (Å²) in [6.07, 6.45) is 7.37. The van der Waals surface area contributed by atoms with Crippen LogP contribution in [-0.4, -0.2) is 10.1 Å². The molecule has 1 aliphatic heterocycles. The van der Waals surface area contributed by atoms with Gasteiger partial charge >= 0.3 is 0 Å². The van der Waals surface area contributed by atoms with Crippen molar-refractivity contribution in [1.29, 1.82) is 0 Å². The van der Waals surface area contributed by atoms with Gasteiger partial charge in [-0.2, -0.15) is 0 Å². The van der Waals surface area contributed by atoms with Crippen LogP contribution in [0.5, 0.6) is 0 Å². The molecule has 0 fully saturated rings. The molecule has 294 valence electrons. The molecule has 3 nitrogen and oxygen atoms in total.